The number of alkyl halides is 3. The fourth-order valence-electron chi connectivity index (χ4n) is 2.31. The number of ether oxygens (including phenoxy) is 1. The average Bonchev–Trinajstić information content (AvgIpc) is 2.65. The Morgan fingerprint density at radius 1 is 1.04 bits per heavy atom. The number of rotatable bonds is 7. The molecule has 0 radical (unpaired) electrons. The molecule has 0 bridgehead atoms. The predicted octanol–water partition coefficient (Wildman–Crippen LogP) is 2.80. The Balaban J connectivity index is 1.75. The summed E-state index contributed by atoms with van der Waals surface area (Å²) in [5.74, 6) is -0.285. The van der Waals surface area contributed by atoms with Crippen LogP contribution >= 0.6 is 0 Å². The summed E-state index contributed by atoms with van der Waals surface area (Å²) >= 11 is 0. The topological polar surface area (TPSA) is 67.4 Å². The lowest BCUT2D eigenvalue weighted by Crippen LogP contribution is -2.37. The second kappa shape index (κ2) is 9.07. The highest BCUT2D eigenvalue weighted by atomic mass is 19.4. The first-order valence-corrected chi connectivity index (χ1v) is 8.14. The Hall–Kier alpha value is -3.03. The van der Waals surface area contributed by atoms with E-state index >= 15 is 0 Å². The van der Waals surface area contributed by atoms with Crippen molar-refractivity contribution in [3.05, 3.63) is 65.2 Å². The van der Waals surface area contributed by atoms with Gasteiger partial charge < -0.3 is 15.4 Å². The van der Waals surface area contributed by atoms with Crippen LogP contribution in [0.1, 0.15) is 21.5 Å². The molecule has 0 aliphatic heterocycles. The lowest BCUT2D eigenvalue weighted by molar-refractivity contribution is -0.137. The van der Waals surface area contributed by atoms with Crippen LogP contribution in [0.4, 0.5) is 13.2 Å². The first kappa shape index (κ1) is 20.3. The van der Waals surface area contributed by atoms with Crippen molar-refractivity contribution >= 4 is 11.8 Å². The highest BCUT2D eigenvalue weighted by Gasteiger charge is 2.30. The monoisotopic (exact) mass is 380 g/mol. The quantitative estimate of drug-likeness (QED) is 0.776. The van der Waals surface area contributed by atoms with Gasteiger partial charge in [0.25, 0.3) is 5.91 Å². The van der Waals surface area contributed by atoms with Crippen LogP contribution in [0.3, 0.4) is 0 Å². The van der Waals surface area contributed by atoms with Crippen molar-refractivity contribution in [3.63, 3.8) is 0 Å². The molecule has 0 aliphatic carbocycles. The Kier molecular flexibility index (Phi) is 6.81. The SMILES string of the molecule is COc1cccc(CCNC(=O)CNC(=O)c2ccc(C(F)(F)F)cc2)c1. The third-order valence-electron chi connectivity index (χ3n) is 3.75. The van der Waals surface area contributed by atoms with Crippen molar-refractivity contribution in [1.82, 2.24) is 10.6 Å². The molecule has 144 valence electrons. The minimum atomic E-state index is -4.46. The highest BCUT2D eigenvalue weighted by molar-refractivity contribution is 5.96. The molecule has 2 aromatic carbocycles. The van der Waals surface area contributed by atoms with Gasteiger partial charge in [-0.3, -0.25) is 9.59 Å². The summed E-state index contributed by atoms with van der Waals surface area (Å²) in [5.41, 5.74) is 0.199. The molecule has 2 rings (SSSR count). The standard InChI is InChI=1S/C19H19F3N2O3/c1-27-16-4-2-3-13(11-16)9-10-23-17(25)12-24-18(26)14-5-7-15(8-6-14)19(20,21)22/h2-8,11H,9-10,12H2,1H3,(H,23,25)(H,24,26). The minimum absolute atomic E-state index is 0.0483. The molecule has 0 saturated heterocycles. The van der Waals surface area contributed by atoms with E-state index in [1.807, 2.05) is 24.3 Å². The van der Waals surface area contributed by atoms with Gasteiger partial charge in [0, 0.05) is 12.1 Å². The average molecular weight is 380 g/mol. The van der Waals surface area contributed by atoms with Gasteiger partial charge in [-0.1, -0.05) is 12.1 Å². The molecular formula is C19H19F3N2O3. The molecule has 0 spiro atoms. The maximum atomic E-state index is 12.5. The molecular weight excluding hydrogens is 361 g/mol. The Bertz CT molecular complexity index is 790. The van der Waals surface area contributed by atoms with Crippen LogP contribution in [0.5, 0.6) is 5.75 Å². The van der Waals surface area contributed by atoms with Gasteiger partial charge in [-0.2, -0.15) is 13.2 Å². The number of halogens is 3. The van der Waals surface area contributed by atoms with Gasteiger partial charge in [-0.25, -0.2) is 0 Å². The fourth-order valence-corrected chi connectivity index (χ4v) is 2.31. The van der Waals surface area contributed by atoms with E-state index in [2.05, 4.69) is 10.6 Å². The van der Waals surface area contributed by atoms with E-state index in [1.165, 1.54) is 0 Å². The van der Waals surface area contributed by atoms with Gasteiger partial charge >= 0.3 is 6.18 Å². The third-order valence-corrected chi connectivity index (χ3v) is 3.75. The van der Waals surface area contributed by atoms with Gasteiger partial charge in [0.05, 0.1) is 19.2 Å². The Morgan fingerprint density at radius 3 is 2.37 bits per heavy atom. The molecule has 0 fully saturated rings. The van der Waals surface area contributed by atoms with Crippen LogP contribution in [-0.2, 0) is 17.4 Å². The second-order valence-corrected chi connectivity index (χ2v) is 5.71. The zero-order valence-corrected chi connectivity index (χ0v) is 14.6. The smallest absolute Gasteiger partial charge is 0.416 e. The van der Waals surface area contributed by atoms with Gasteiger partial charge in [-0.15, -0.1) is 0 Å². The lowest BCUT2D eigenvalue weighted by Gasteiger charge is -2.09. The molecule has 0 unspecified atom stereocenters. The number of carbonyl (C=O) groups is 2. The van der Waals surface area contributed by atoms with E-state index in [0.29, 0.717) is 13.0 Å². The molecule has 0 atom stereocenters. The molecule has 2 amide bonds. The Morgan fingerprint density at radius 2 is 1.74 bits per heavy atom. The largest absolute Gasteiger partial charge is 0.497 e. The van der Waals surface area contributed by atoms with Crippen LogP contribution in [0.2, 0.25) is 0 Å². The molecule has 27 heavy (non-hydrogen) atoms. The zero-order valence-electron chi connectivity index (χ0n) is 14.6. The summed E-state index contributed by atoms with van der Waals surface area (Å²) in [7, 11) is 1.57. The molecule has 2 aromatic rings. The molecule has 0 aliphatic rings. The van der Waals surface area contributed by atoms with Gasteiger partial charge in [0.2, 0.25) is 5.91 Å². The number of hydrogen-bond donors (Lipinski definition) is 2. The van der Waals surface area contributed by atoms with Crippen LogP contribution in [0, 0.1) is 0 Å². The number of nitrogens with one attached hydrogen (secondary N) is 2. The van der Waals surface area contributed by atoms with Crippen LogP contribution in [-0.4, -0.2) is 32.0 Å². The van der Waals surface area contributed by atoms with Gasteiger partial charge in [0.15, 0.2) is 0 Å². The number of benzene rings is 2. The Labute approximate surface area is 154 Å². The number of hydrogen-bond acceptors (Lipinski definition) is 3. The van der Waals surface area contributed by atoms with E-state index < -0.39 is 23.6 Å². The van der Waals surface area contributed by atoms with Crippen molar-refractivity contribution < 1.29 is 27.5 Å². The van der Waals surface area contributed by atoms with Gasteiger partial charge in [-0.05, 0) is 48.4 Å². The van der Waals surface area contributed by atoms with Crippen molar-refractivity contribution in [3.8, 4) is 5.75 Å². The number of carbonyl (C=O) groups excluding carboxylic acids is 2. The van der Waals surface area contributed by atoms with Crippen LogP contribution < -0.4 is 15.4 Å². The summed E-state index contributed by atoms with van der Waals surface area (Å²) in [5, 5.41) is 5.03. The van der Waals surface area contributed by atoms with E-state index in [1.54, 1.807) is 7.11 Å². The third kappa shape index (κ3) is 6.32. The summed E-state index contributed by atoms with van der Waals surface area (Å²) in [4.78, 5) is 23.7. The molecule has 5 nitrogen and oxygen atoms in total. The summed E-state index contributed by atoms with van der Waals surface area (Å²) in [6.45, 7) is 0.111. The second-order valence-electron chi connectivity index (χ2n) is 5.71. The first-order valence-electron chi connectivity index (χ1n) is 8.14. The lowest BCUT2D eigenvalue weighted by atomic mass is 10.1. The van der Waals surface area contributed by atoms with E-state index in [-0.39, 0.29) is 12.1 Å². The van der Waals surface area contributed by atoms with E-state index in [0.717, 1.165) is 35.6 Å². The zero-order chi connectivity index (χ0) is 19.9. The molecule has 2 N–H and O–H groups in total. The molecule has 0 aromatic heterocycles. The van der Waals surface area contributed by atoms with Crippen molar-refractivity contribution in [2.24, 2.45) is 0 Å². The van der Waals surface area contributed by atoms with Crippen molar-refractivity contribution in [2.75, 3.05) is 20.2 Å². The number of methoxy groups -OCH3 is 1. The fraction of sp³-hybridized carbons (Fsp3) is 0.263. The number of amides is 2. The molecule has 0 heterocycles. The summed E-state index contributed by atoms with van der Waals surface area (Å²) in [6, 6.07) is 11.2. The normalized spacial score (nSPS) is 11.0. The van der Waals surface area contributed by atoms with Crippen LogP contribution in [0.15, 0.2) is 48.5 Å². The van der Waals surface area contributed by atoms with Crippen molar-refractivity contribution in [2.45, 2.75) is 12.6 Å². The predicted molar refractivity (Wildman–Crippen MR) is 93.5 cm³/mol. The highest BCUT2D eigenvalue weighted by Crippen LogP contribution is 2.29. The maximum absolute atomic E-state index is 12.5. The molecule has 8 heteroatoms. The minimum Gasteiger partial charge on any atom is -0.497 e. The maximum Gasteiger partial charge on any atom is 0.416 e. The van der Waals surface area contributed by atoms with E-state index in [9.17, 15) is 22.8 Å². The van der Waals surface area contributed by atoms with Crippen LogP contribution in [0.25, 0.3) is 0 Å². The van der Waals surface area contributed by atoms with Crippen molar-refractivity contribution in [1.29, 1.82) is 0 Å². The molecule has 0 saturated carbocycles. The first-order chi connectivity index (χ1) is 12.8. The van der Waals surface area contributed by atoms with Gasteiger partial charge in [0.1, 0.15) is 5.75 Å². The summed E-state index contributed by atoms with van der Waals surface area (Å²) < 4.78 is 42.6. The van der Waals surface area contributed by atoms with E-state index in [4.69, 9.17) is 4.74 Å². The summed E-state index contributed by atoms with van der Waals surface area (Å²) in [6.07, 6.45) is -3.87.